The van der Waals surface area contributed by atoms with E-state index in [1.807, 2.05) is 24.3 Å². The van der Waals surface area contributed by atoms with Gasteiger partial charge in [-0.15, -0.1) is 5.10 Å². The number of hydrogen-bond donors (Lipinski definition) is 3. The second-order valence-electron chi connectivity index (χ2n) is 4.73. The van der Waals surface area contributed by atoms with Crippen LogP contribution in [0.1, 0.15) is 17.0 Å². The highest BCUT2D eigenvalue weighted by Crippen LogP contribution is 2.16. The van der Waals surface area contributed by atoms with Gasteiger partial charge in [0.2, 0.25) is 0 Å². The van der Waals surface area contributed by atoms with E-state index in [1.54, 1.807) is 11.8 Å². The van der Waals surface area contributed by atoms with Crippen molar-refractivity contribution in [2.24, 2.45) is 5.73 Å². The second-order valence-corrected chi connectivity index (χ2v) is 4.73. The van der Waals surface area contributed by atoms with Crippen LogP contribution in [0.4, 0.5) is 0 Å². The van der Waals surface area contributed by atoms with Gasteiger partial charge in [0.1, 0.15) is 5.75 Å². The van der Waals surface area contributed by atoms with Crippen molar-refractivity contribution in [2.45, 2.75) is 25.6 Å². The van der Waals surface area contributed by atoms with E-state index in [2.05, 4.69) is 10.3 Å². The Morgan fingerprint density at radius 3 is 2.62 bits per heavy atom. The molecule has 1 atom stereocenters. The van der Waals surface area contributed by atoms with Crippen LogP contribution in [0.15, 0.2) is 24.3 Å². The summed E-state index contributed by atoms with van der Waals surface area (Å²) in [6.07, 6.45) is -0.270. The van der Waals surface area contributed by atoms with Gasteiger partial charge in [0.15, 0.2) is 0 Å². The molecule has 2 rings (SSSR count). The van der Waals surface area contributed by atoms with Crippen LogP contribution in [0.3, 0.4) is 0 Å². The topological polar surface area (TPSA) is 106 Å². The molecule has 1 heterocycles. The van der Waals surface area contributed by atoms with Crippen LogP contribution in [0.25, 0.3) is 0 Å². The maximum absolute atomic E-state index is 9.57. The quantitative estimate of drug-likeness (QED) is 0.646. The molecule has 0 radical (unpaired) electrons. The summed E-state index contributed by atoms with van der Waals surface area (Å²) in [5, 5.41) is 26.5. The standard InChI is InChI=1S/C14H20N4O3/c1-21-12-4-2-10(3-5-12)6-14-13(7-15)16-17-18(14)8-11(20)9-19/h2-5,11,19-20H,6-9,15H2,1H3. The molecule has 114 valence electrons. The first-order chi connectivity index (χ1) is 10.2. The first-order valence-electron chi connectivity index (χ1n) is 6.71. The number of rotatable bonds is 7. The van der Waals surface area contributed by atoms with E-state index >= 15 is 0 Å². The van der Waals surface area contributed by atoms with E-state index in [0.717, 1.165) is 17.0 Å². The van der Waals surface area contributed by atoms with Crippen molar-refractivity contribution >= 4 is 0 Å². The highest BCUT2D eigenvalue weighted by molar-refractivity contribution is 5.30. The third-order valence-corrected chi connectivity index (χ3v) is 3.24. The van der Waals surface area contributed by atoms with Gasteiger partial charge in [-0.05, 0) is 17.7 Å². The van der Waals surface area contributed by atoms with Crippen molar-refractivity contribution in [2.75, 3.05) is 13.7 Å². The molecule has 4 N–H and O–H groups in total. The SMILES string of the molecule is COc1ccc(Cc2c(CN)nnn2CC(O)CO)cc1. The Morgan fingerprint density at radius 1 is 1.33 bits per heavy atom. The van der Waals surface area contributed by atoms with Gasteiger partial charge in [0.05, 0.1) is 37.8 Å². The van der Waals surface area contributed by atoms with Crippen molar-refractivity contribution in [1.29, 1.82) is 0 Å². The van der Waals surface area contributed by atoms with Crippen LogP contribution in [-0.2, 0) is 19.5 Å². The van der Waals surface area contributed by atoms with Gasteiger partial charge in [-0.25, -0.2) is 4.68 Å². The lowest BCUT2D eigenvalue weighted by Crippen LogP contribution is -2.22. The molecule has 0 aliphatic carbocycles. The van der Waals surface area contributed by atoms with Gasteiger partial charge >= 0.3 is 0 Å². The molecule has 7 nitrogen and oxygen atoms in total. The number of aliphatic hydroxyl groups excluding tert-OH is 2. The van der Waals surface area contributed by atoms with Gasteiger partial charge in [-0.1, -0.05) is 17.3 Å². The molecule has 7 heteroatoms. The number of nitrogens with zero attached hydrogens (tertiary/aromatic N) is 3. The van der Waals surface area contributed by atoms with Crippen molar-refractivity contribution < 1.29 is 14.9 Å². The highest BCUT2D eigenvalue weighted by atomic mass is 16.5. The van der Waals surface area contributed by atoms with Gasteiger partial charge in [0, 0.05) is 13.0 Å². The Labute approximate surface area is 123 Å². The summed E-state index contributed by atoms with van der Waals surface area (Å²) in [5.74, 6) is 0.792. The molecule has 0 spiro atoms. The minimum atomic E-state index is -0.869. The average Bonchev–Trinajstić information content (AvgIpc) is 2.89. The number of benzene rings is 1. The molecule has 0 amide bonds. The summed E-state index contributed by atoms with van der Waals surface area (Å²) in [4.78, 5) is 0. The first kappa shape index (κ1) is 15.4. The zero-order chi connectivity index (χ0) is 15.2. The lowest BCUT2D eigenvalue weighted by atomic mass is 10.1. The Balaban J connectivity index is 2.21. The average molecular weight is 292 g/mol. The first-order valence-corrected chi connectivity index (χ1v) is 6.71. The number of ether oxygens (including phenoxy) is 1. The molecule has 1 aromatic heterocycles. The molecule has 1 aromatic carbocycles. The van der Waals surface area contributed by atoms with Crippen LogP contribution < -0.4 is 10.5 Å². The summed E-state index contributed by atoms with van der Waals surface area (Å²) in [7, 11) is 1.62. The predicted octanol–water partition coefficient (Wildman–Crippen LogP) is -0.311. The molecule has 2 aromatic rings. The fourth-order valence-electron chi connectivity index (χ4n) is 2.06. The number of methoxy groups -OCH3 is 1. The molecule has 0 fully saturated rings. The second kappa shape index (κ2) is 7.16. The van der Waals surface area contributed by atoms with E-state index in [9.17, 15) is 5.11 Å². The lowest BCUT2D eigenvalue weighted by Gasteiger charge is -2.11. The van der Waals surface area contributed by atoms with Crippen molar-refractivity contribution in [3.05, 3.63) is 41.2 Å². The molecule has 0 bridgehead atoms. The third kappa shape index (κ3) is 3.78. The summed E-state index contributed by atoms with van der Waals surface area (Å²) < 4.78 is 6.72. The molecule has 0 aliphatic heterocycles. The molecular weight excluding hydrogens is 272 g/mol. The van der Waals surface area contributed by atoms with Crippen LogP contribution in [0.5, 0.6) is 5.75 Å². The molecular formula is C14H20N4O3. The third-order valence-electron chi connectivity index (χ3n) is 3.24. The summed E-state index contributed by atoms with van der Waals surface area (Å²) >= 11 is 0. The highest BCUT2D eigenvalue weighted by Gasteiger charge is 2.15. The molecule has 0 aliphatic rings. The van der Waals surface area contributed by atoms with Crippen molar-refractivity contribution in [3.8, 4) is 5.75 Å². The van der Waals surface area contributed by atoms with E-state index in [-0.39, 0.29) is 19.7 Å². The smallest absolute Gasteiger partial charge is 0.118 e. The van der Waals surface area contributed by atoms with E-state index in [0.29, 0.717) is 12.1 Å². The summed E-state index contributed by atoms with van der Waals surface area (Å²) in [5.41, 5.74) is 8.27. The monoisotopic (exact) mass is 292 g/mol. The Hall–Kier alpha value is -1.96. The van der Waals surface area contributed by atoms with Gasteiger partial charge in [-0.3, -0.25) is 0 Å². The van der Waals surface area contributed by atoms with E-state index in [4.69, 9.17) is 15.6 Å². The van der Waals surface area contributed by atoms with E-state index < -0.39 is 6.10 Å². The normalized spacial score (nSPS) is 12.4. The maximum Gasteiger partial charge on any atom is 0.118 e. The summed E-state index contributed by atoms with van der Waals surface area (Å²) in [6, 6.07) is 7.68. The molecule has 1 unspecified atom stereocenters. The zero-order valence-electron chi connectivity index (χ0n) is 11.9. The van der Waals surface area contributed by atoms with Crippen LogP contribution in [-0.4, -0.2) is 45.0 Å². The Kier molecular flexibility index (Phi) is 5.26. The number of nitrogens with two attached hydrogens (primary N) is 1. The van der Waals surface area contributed by atoms with Crippen LogP contribution in [0, 0.1) is 0 Å². The Bertz CT molecular complexity index is 568. The van der Waals surface area contributed by atoms with Crippen LogP contribution >= 0.6 is 0 Å². The maximum atomic E-state index is 9.57. The molecule has 21 heavy (non-hydrogen) atoms. The van der Waals surface area contributed by atoms with Gasteiger partial charge < -0.3 is 20.7 Å². The largest absolute Gasteiger partial charge is 0.497 e. The predicted molar refractivity (Wildman–Crippen MR) is 76.8 cm³/mol. The minimum Gasteiger partial charge on any atom is -0.497 e. The van der Waals surface area contributed by atoms with Gasteiger partial charge in [-0.2, -0.15) is 0 Å². The summed E-state index contributed by atoms with van der Waals surface area (Å²) in [6.45, 7) is 0.148. The van der Waals surface area contributed by atoms with E-state index in [1.165, 1.54) is 0 Å². The fraction of sp³-hybridized carbons (Fsp3) is 0.429. The molecule has 0 saturated carbocycles. The number of aliphatic hydroxyl groups is 2. The van der Waals surface area contributed by atoms with Gasteiger partial charge in [0.25, 0.3) is 0 Å². The van der Waals surface area contributed by atoms with Crippen molar-refractivity contribution in [3.63, 3.8) is 0 Å². The fourth-order valence-corrected chi connectivity index (χ4v) is 2.06. The van der Waals surface area contributed by atoms with Crippen molar-refractivity contribution in [1.82, 2.24) is 15.0 Å². The lowest BCUT2D eigenvalue weighted by molar-refractivity contribution is 0.0771. The minimum absolute atomic E-state index is 0.189. The molecule has 0 saturated heterocycles. The Morgan fingerprint density at radius 2 is 2.05 bits per heavy atom. The van der Waals surface area contributed by atoms with Crippen LogP contribution in [0.2, 0.25) is 0 Å². The number of hydrogen-bond acceptors (Lipinski definition) is 6. The number of aromatic nitrogens is 3. The zero-order valence-corrected chi connectivity index (χ0v) is 11.9.